The first-order valence-corrected chi connectivity index (χ1v) is 7.70. The average Bonchev–Trinajstić information content (AvgIpc) is 2.88. The molecule has 0 aliphatic carbocycles. The number of nitrogen functional groups attached to an aromatic ring is 1. The molecule has 1 aliphatic heterocycles. The van der Waals surface area contributed by atoms with Gasteiger partial charge in [0.25, 0.3) is 0 Å². The molecule has 0 radical (unpaired) electrons. The predicted octanol–water partition coefficient (Wildman–Crippen LogP) is 0.863. The molecule has 0 bridgehead atoms. The summed E-state index contributed by atoms with van der Waals surface area (Å²) < 4.78 is 25.9. The standard InChI is InChI=1S/C11H14ClN3O4S/c12-8-6-7(3-4-9(8)14-13)20(18,19)15-5-1-2-10(15)11(16)17/h3-4,6,10,14H,1-2,5,13H2,(H,16,17)/t10-/m0/s1. The molecule has 1 aromatic rings. The summed E-state index contributed by atoms with van der Waals surface area (Å²) in [7, 11) is -3.88. The van der Waals surface area contributed by atoms with Gasteiger partial charge in [-0.25, -0.2) is 8.42 Å². The zero-order valence-corrected chi connectivity index (χ0v) is 12.0. The Kier molecular flexibility index (Phi) is 4.19. The van der Waals surface area contributed by atoms with Crippen LogP contribution in [0.4, 0.5) is 5.69 Å². The Morgan fingerprint density at radius 3 is 2.75 bits per heavy atom. The lowest BCUT2D eigenvalue weighted by atomic mass is 10.2. The molecule has 1 saturated heterocycles. The van der Waals surface area contributed by atoms with Crippen LogP contribution in [0.1, 0.15) is 12.8 Å². The van der Waals surface area contributed by atoms with Gasteiger partial charge in [0.05, 0.1) is 15.6 Å². The van der Waals surface area contributed by atoms with Gasteiger partial charge in [-0.1, -0.05) is 11.6 Å². The molecule has 4 N–H and O–H groups in total. The second-order valence-electron chi connectivity index (χ2n) is 4.40. The van der Waals surface area contributed by atoms with Crippen molar-refractivity contribution in [3.63, 3.8) is 0 Å². The Labute approximate surface area is 121 Å². The van der Waals surface area contributed by atoms with Gasteiger partial charge in [0.2, 0.25) is 10.0 Å². The molecule has 0 unspecified atom stereocenters. The van der Waals surface area contributed by atoms with E-state index in [9.17, 15) is 13.2 Å². The molecular formula is C11H14ClN3O4S. The number of benzene rings is 1. The Balaban J connectivity index is 2.40. The van der Waals surface area contributed by atoms with Crippen molar-refractivity contribution in [1.82, 2.24) is 4.31 Å². The van der Waals surface area contributed by atoms with Crippen molar-refractivity contribution in [1.29, 1.82) is 0 Å². The van der Waals surface area contributed by atoms with Gasteiger partial charge in [0.15, 0.2) is 0 Å². The van der Waals surface area contributed by atoms with E-state index in [0.717, 1.165) is 4.31 Å². The number of carboxylic acids is 1. The third-order valence-corrected chi connectivity index (χ3v) is 5.41. The van der Waals surface area contributed by atoms with E-state index in [0.29, 0.717) is 18.5 Å². The highest BCUT2D eigenvalue weighted by atomic mass is 35.5. The van der Waals surface area contributed by atoms with E-state index in [1.54, 1.807) is 0 Å². The molecular weight excluding hydrogens is 306 g/mol. The van der Waals surface area contributed by atoms with Gasteiger partial charge in [-0.05, 0) is 31.0 Å². The summed E-state index contributed by atoms with van der Waals surface area (Å²) in [5.41, 5.74) is 2.73. The van der Waals surface area contributed by atoms with Crippen LogP contribution in [0.2, 0.25) is 5.02 Å². The van der Waals surface area contributed by atoms with Crippen molar-refractivity contribution in [3.05, 3.63) is 23.2 Å². The summed E-state index contributed by atoms with van der Waals surface area (Å²) in [6, 6.07) is 3.00. The number of nitrogens with zero attached hydrogens (tertiary/aromatic N) is 1. The van der Waals surface area contributed by atoms with E-state index in [-0.39, 0.29) is 16.5 Å². The third kappa shape index (κ3) is 2.59. The van der Waals surface area contributed by atoms with E-state index in [1.807, 2.05) is 0 Å². The molecule has 1 fully saturated rings. The van der Waals surface area contributed by atoms with Gasteiger partial charge >= 0.3 is 5.97 Å². The van der Waals surface area contributed by atoms with Crippen LogP contribution in [-0.2, 0) is 14.8 Å². The minimum atomic E-state index is -3.88. The maximum atomic E-state index is 12.5. The highest BCUT2D eigenvalue weighted by Gasteiger charge is 2.39. The molecule has 0 saturated carbocycles. The summed E-state index contributed by atoms with van der Waals surface area (Å²) in [4.78, 5) is 11.1. The minimum Gasteiger partial charge on any atom is -0.480 e. The number of sulfonamides is 1. The monoisotopic (exact) mass is 319 g/mol. The molecule has 110 valence electrons. The van der Waals surface area contributed by atoms with Gasteiger partial charge in [0, 0.05) is 6.54 Å². The average molecular weight is 320 g/mol. The first-order valence-electron chi connectivity index (χ1n) is 5.88. The van der Waals surface area contributed by atoms with Gasteiger partial charge in [-0.15, -0.1) is 0 Å². The maximum Gasteiger partial charge on any atom is 0.322 e. The lowest BCUT2D eigenvalue weighted by molar-refractivity contribution is -0.140. The number of halogens is 1. The van der Waals surface area contributed by atoms with E-state index < -0.39 is 22.0 Å². The van der Waals surface area contributed by atoms with E-state index >= 15 is 0 Å². The van der Waals surface area contributed by atoms with Gasteiger partial charge in [0.1, 0.15) is 6.04 Å². The Morgan fingerprint density at radius 1 is 1.50 bits per heavy atom. The fourth-order valence-electron chi connectivity index (χ4n) is 2.18. The molecule has 7 nitrogen and oxygen atoms in total. The number of hydrazine groups is 1. The number of rotatable bonds is 4. The summed E-state index contributed by atoms with van der Waals surface area (Å²) in [6.07, 6.45) is 0.830. The molecule has 1 aliphatic rings. The Morgan fingerprint density at radius 2 is 2.20 bits per heavy atom. The van der Waals surface area contributed by atoms with Crippen LogP contribution in [0.15, 0.2) is 23.1 Å². The van der Waals surface area contributed by atoms with Gasteiger partial charge < -0.3 is 10.5 Å². The highest BCUT2D eigenvalue weighted by molar-refractivity contribution is 7.89. The van der Waals surface area contributed by atoms with Crippen LogP contribution < -0.4 is 11.3 Å². The van der Waals surface area contributed by atoms with Crippen LogP contribution in [0.3, 0.4) is 0 Å². The summed E-state index contributed by atoms with van der Waals surface area (Å²) in [5, 5.41) is 9.22. The molecule has 9 heteroatoms. The number of carboxylic acid groups (broad SMARTS) is 1. The van der Waals surface area contributed by atoms with Crippen LogP contribution in [0.5, 0.6) is 0 Å². The first kappa shape index (κ1) is 15.0. The number of nitrogens with two attached hydrogens (primary N) is 1. The lowest BCUT2D eigenvalue weighted by Crippen LogP contribution is -2.40. The van der Waals surface area contributed by atoms with Crippen molar-refractivity contribution in [2.75, 3.05) is 12.0 Å². The lowest BCUT2D eigenvalue weighted by Gasteiger charge is -2.21. The molecule has 0 amide bonds. The third-order valence-electron chi connectivity index (χ3n) is 3.19. The maximum absolute atomic E-state index is 12.5. The zero-order valence-electron chi connectivity index (χ0n) is 10.4. The number of anilines is 1. The molecule has 1 heterocycles. The SMILES string of the molecule is NNc1ccc(S(=O)(=O)N2CCC[C@H]2C(=O)O)cc1Cl. The fourth-order valence-corrected chi connectivity index (χ4v) is 4.16. The van der Waals surface area contributed by atoms with Gasteiger partial charge in [-0.2, -0.15) is 4.31 Å². The quantitative estimate of drug-likeness (QED) is 0.560. The van der Waals surface area contributed by atoms with E-state index in [4.69, 9.17) is 22.6 Å². The molecule has 0 spiro atoms. The smallest absolute Gasteiger partial charge is 0.322 e. The van der Waals surface area contributed by atoms with Crippen LogP contribution in [-0.4, -0.2) is 36.4 Å². The first-order chi connectivity index (χ1) is 9.37. The van der Waals surface area contributed by atoms with Crippen molar-refractivity contribution >= 4 is 33.3 Å². The normalized spacial score (nSPS) is 20.0. The molecule has 1 aromatic carbocycles. The largest absolute Gasteiger partial charge is 0.480 e. The number of hydrogen-bond donors (Lipinski definition) is 3. The molecule has 1 atom stereocenters. The minimum absolute atomic E-state index is 0.0466. The number of carbonyl (C=O) groups is 1. The number of hydrogen-bond acceptors (Lipinski definition) is 5. The number of nitrogens with one attached hydrogen (secondary N) is 1. The fraction of sp³-hybridized carbons (Fsp3) is 0.364. The molecule has 0 aromatic heterocycles. The van der Waals surface area contributed by atoms with Crippen molar-refractivity contribution in [3.8, 4) is 0 Å². The van der Waals surface area contributed by atoms with E-state index in [1.165, 1.54) is 18.2 Å². The van der Waals surface area contributed by atoms with Gasteiger partial charge in [-0.3, -0.25) is 10.6 Å². The number of aliphatic carboxylic acids is 1. The Hall–Kier alpha value is -1.35. The zero-order chi connectivity index (χ0) is 14.9. The summed E-state index contributed by atoms with van der Waals surface area (Å²) >= 11 is 5.90. The topological polar surface area (TPSA) is 113 Å². The van der Waals surface area contributed by atoms with Crippen LogP contribution in [0, 0.1) is 0 Å². The van der Waals surface area contributed by atoms with Crippen LogP contribution in [0.25, 0.3) is 0 Å². The highest BCUT2D eigenvalue weighted by Crippen LogP contribution is 2.30. The van der Waals surface area contributed by atoms with Crippen molar-refractivity contribution < 1.29 is 18.3 Å². The Bertz CT molecular complexity index is 635. The summed E-state index contributed by atoms with van der Waals surface area (Å²) in [5.74, 6) is 4.08. The second-order valence-corrected chi connectivity index (χ2v) is 6.70. The van der Waals surface area contributed by atoms with E-state index in [2.05, 4.69) is 5.43 Å². The van der Waals surface area contributed by atoms with Crippen molar-refractivity contribution in [2.24, 2.45) is 5.84 Å². The predicted molar refractivity (Wildman–Crippen MR) is 73.8 cm³/mol. The second kappa shape index (κ2) is 5.57. The summed E-state index contributed by atoms with van der Waals surface area (Å²) in [6.45, 7) is 0.188. The van der Waals surface area contributed by atoms with Crippen LogP contribution >= 0.6 is 11.6 Å². The molecule has 20 heavy (non-hydrogen) atoms. The van der Waals surface area contributed by atoms with Crippen molar-refractivity contribution in [2.45, 2.75) is 23.8 Å². The molecule has 2 rings (SSSR count).